The molecule has 16 heavy (non-hydrogen) atoms. The van der Waals surface area contributed by atoms with E-state index in [4.69, 9.17) is 5.73 Å². The van der Waals surface area contributed by atoms with E-state index >= 15 is 0 Å². The molecule has 1 fully saturated rings. The average Bonchev–Trinajstić information content (AvgIpc) is 2.56. The molecule has 1 aliphatic carbocycles. The maximum Gasteiger partial charge on any atom is 0.209 e. The van der Waals surface area contributed by atoms with Crippen LogP contribution in [0.5, 0.6) is 0 Å². The van der Waals surface area contributed by atoms with Gasteiger partial charge in [-0.3, -0.25) is 0 Å². The van der Waals surface area contributed by atoms with Gasteiger partial charge in [0.05, 0.1) is 0 Å². The van der Waals surface area contributed by atoms with Crippen LogP contribution in [0.15, 0.2) is 5.16 Å². The molecule has 1 aromatic heterocycles. The smallest absolute Gasteiger partial charge is 0.209 e. The highest BCUT2D eigenvalue weighted by Gasteiger charge is 2.25. The summed E-state index contributed by atoms with van der Waals surface area (Å²) in [5.41, 5.74) is 5.86. The third-order valence-electron chi connectivity index (χ3n) is 3.23. The minimum Gasteiger partial charge on any atom is -0.330 e. The van der Waals surface area contributed by atoms with Gasteiger partial charge in [0.25, 0.3) is 0 Å². The molecule has 2 atom stereocenters. The molecule has 1 aromatic rings. The highest BCUT2D eigenvalue weighted by Crippen LogP contribution is 2.34. The van der Waals surface area contributed by atoms with E-state index in [1.165, 1.54) is 32.1 Å². The second-order valence-corrected chi connectivity index (χ2v) is 5.58. The summed E-state index contributed by atoms with van der Waals surface area (Å²) in [5, 5.41) is 13.1. The predicted octanol–water partition coefficient (Wildman–Crippen LogP) is 1.21. The van der Waals surface area contributed by atoms with Gasteiger partial charge in [0.15, 0.2) is 0 Å². The molecule has 0 saturated heterocycles. The Balaban J connectivity index is 2.03. The molecule has 90 valence electrons. The first-order valence-corrected chi connectivity index (χ1v) is 6.78. The highest BCUT2D eigenvalue weighted by atomic mass is 32.2. The largest absolute Gasteiger partial charge is 0.330 e. The minimum atomic E-state index is 0.581. The van der Waals surface area contributed by atoms with Crippen molar-refractivity contribution in [1.29, 1.82) is 0 Å². The molecule has 1 aliphatic rings. The molecular weight excluding hydrogens is 222 g/mol. The van der Waals surface area contributed by atoms with Crippen molar-refractivity contribution in [1.82, 2.24) is 20.2 Å². The summed E-state index contributed by atoms with van der Waals surface area (Å²) in [6, 6.07) is 0. The van der Waals surface area contributed by atoms with Crippen molar-refractivity contribution < 1.29 is 0 Å². The van der Waals surface area contributed by atoms with Crippen LogP contribution in [0.4, 0.5) is 0 Å². The maximum absolute atomic E-state index is 5.86. The lowest BCUT2D eigenvalue weighted by atomic mass is 10.0. The number of nitrogens with two attached hydrogens (primary N) is 1. The Kier molecular flexibility index (Phi) is 4.17. The SMILES string of the molecule is Cn1nnnc1SC1CCCCCC1CN. The Hall–Kier alpha value is -0.620. The molecule has 0 bridgehead atoms. The maximum atomic E-state index is 5.86. The van der Waals surface area contributed by atoms with Crippen LogP contribution in [-0.4, -0.2) is 32.0 Å². The fourth-order valence-electron chi connectivity index (χ4n) is 2.23. The van der Waals surface area contributed by atoms with Gasteiger partial charge < -0.3 is 5.73 Å². The minimum absolute atomic E-state index is 0.581. The number of nitrogens with zero attached hydrogens (tertiary/aromatic N) is 4. The van der Waals surface area contributed by atoms with Crippen LogP contribution in [-0.2, 0) is 7.05 Å². The summed E-state index contributed by atoms with van der Waals surface area (Å²) in [5.74, 6) is 0.615. The van der Waals surface area contributed by atoms with Crippen molar-refractivity contribution in [2.45, 2.75) is 42.5 Å². The van der Waals surface area contributed by atoms with Crippen LogP contribution in [0.2, 0.25) is 0 Å². The lowest BCUT2D eigenvalue weighted by molar-refractivity contribution is 0.482. The Bertz CT molecular complexity index is 327. The Morgan fingerprint density at radius 3 is 2.88 bits per heavy atom. The van der Waals surface area contributed by atoms with E-state index < -0.39 is 0 Å². The number of tetrazole rings is 1. The summed E-state index contributed by atoms with van der Waals surface area (Å²) >= 11 is 1.79. The van der Waals surface area contributed by atoms with Crippen LogP contribution in [0.3, 0.4) is 0 Å². The van der Waals surface area contributed by atoms with Crippen molar-refractivity contribution in [3.8, 4) is 0 Å². The van der Waals surface area contributed by atoms with Gasteiger partial charge in [-0.05, 0) is 35.7 Å². The molecule has 2 unspecified atom stereocenters. The van der Waals surface area contributed by atoms with Gasteiger partial charge in [-0.15, -0.1) is 5.10 Å². The summed E-state index contributed by atoms with van der Waals surface area (Å²) in [7, 11) is 1.89. The van der Waals surface area contributed by atoms with Gasteiger partial charge in [0.1, 0.15) is 0 Å². The van der Waals surface area contributed by atoms with Crippen LogP contribution >= 0.6 is 11.8 Å². The summed E-state index contributed by atoms with van der Waals surface area (Å²) in [4.78, 5) is 0. The van der Waals surface area contributed by atoms with Gasteiger partial charge in [0.2, 0.25) is 5.16 Å². The number of thioether (sulfide) groups is 1. The van der Waals surface area contributed by atoms with E-state index in [0.717, 1.165) is 11.7 Å². The summed E-state index contributed by atoms with van der Waals surface area (Å²) in [6.45, 7) is 0.781. The lowest BCUT2D eigenvalue weighted by Gasteiger charge is -2.22. The first-order valence-electron chi connectivity index (χ1n) is 5.90. The van der Waals surface area contributed by atoms with Gasteiger partial charge >= 0.3 is 0 Å². The van der Waals surface area contributed by atoms with Crippen molar-refractivity contribution in [2.24, 2.45) is 18.7 Å². The number of rotatable bonds is 3. The lowest BCUT2D eigenvalue weighted by Crippen LogP contribution is -2.24. The van der Waals surface area contributed by atoms with Crippen molar-refractivity contribution in [2.75, 3.05) is 6.54 Å². The summed E-state index contributed by atoms with van der Waals surface area (Å²) < 4.78 is 1.74. The van der Waals surface area contributed by atoms with Gasteiger partial charge in [-0.25, -0.2) is 4.68 Å². The third-order valence-corrected chi connectivity index (χ3v) is 4.71. The monoisotopic (exact) mass is 241 g/mol. The first kappa shape index (κ1) is 11.9. The van der Waals surface area contributed by atoms with E-state index in [-0.39, 0.29) is 0 Å². The van der Waals surface area contributed by atoms with Crippen LogP contribution in [0, 0.1) is 5.92 Å². The van der Waals surface area contributed by atoms with E-state index in [0.29, 0.717) is 11.2 Å². The average molecular weight is 241 g/mol. The summed E-state index contributed by atoms with van der Waals surface area (Å²) in [6.07, 6.45) is 6.44. The van der Waals surface area contributed by atoms with Crippen molar-refractivity contribution >= 4 is 11.8 Å². The molecule has 1 saturated carbocycles. The molecule has 1 heterocycles. The standard InChI is InChI=1S/C10H19N5S/c1-15-10(12-13-14-15)16-9-6-4-2-3-5-8(9)7-11/h8-9H,2-7,11H2,1H3. The van der Waals surface area contributed by atoms with E-state index in [2.05, 4.69) is 15.5 Å². The van der Waals surface area contributed by atoms with Gasteiger partial charge in [0, 0.05) is 12.3 Å². The molecule has 5 nitrogen and oxygen atoms in total. The molecule has 0 amide bonds. The van der Waals surface area contributed by atoms with Crippen LogP contribution < -0.4 is 5.73 Å². The number of hydrogen-bond donors (Lipinski definition) is 1. The highest BCUT2D eigenvalue weighted by molar-refractivity contribution is 7.99. The zero-order valence-corrected chi connectivity index (χ0v) is 10.5. The van der Waals surface area contributed by atoms with E-state index in [1.807, 2.05) is 7.05 Å². The first-order chi connectivity index (χ1) is 7.81. The second-order valence-electron chi connectivity index (χ2n) is 4.38. The van der Waals surface area contributed by atoms with Crippen LogP contribution in [0.25, 0.3) is 0 Å². The number of aromatic nitrogens is 4. The predicted molar refractivity (Wildman–Crippen MR) is 64.1 cm³/mol. The normalized spacial score (nSPS) is 26.6. The second kappa shape index (κ2) is 5.63. The molecule has 2 N–H and O–H groups in total. The van der Waals surface area contributed by atoms with Crippen LogP contribution in [0.1, 0.15) is 32.1 Å². The number of hydrogen-bond acceptors (Lipinski definition) is 5. The quantitative estimate of drug-likeness (QED) is 0.805. The van der Waals surface area contributed by atoms with E-state index in [9.17, 15) is 0 Å². The molecule has 2 rings (SSSR count). The molecule has 0 aliphatic heterocycles. The fourth-order valence-corrected chi connectivity index (χ4v) is 3.50. The van der Waals surface area contributed by atoms with Gasteiger partial charge in [-0.1, -0.05) is 31.0 Å². The topological polar surface area (TPSA) is 69.6 Å². The zero-order chi connectivity index (χ0) is 11.4. The Labute approximate surface area is 100 Å². The molecule has 0 spiro atoms. The molecule has 0 radical (unpaired) electrons. The fraction of sp³-hybridized carbons (Fsp3) is 0.900. The van der Waals surface area contributed by atoms with Crippen molar-refractivity contribution in [3.63, 3.8) is 0 Å². The molecule has 0 aromatic carbocycles. The number of aryl methyl sites for hydroxylation is 1. The zero-order valence-electron chi connectivity index (χ0n) is 9.67. The van der Waals surface area contributed by atoms with Crippen molar-refractivity contribution in [3.05, 3.63) is 0 Å². The Morgan fingerprint density at radius 2 is 2.19 bits per heavy atom. The van der Waals surface area contributed by atoms with E-state index in [1.54, 1.807) is 16.4 Å². The van der Waals surface area contributed by atoms with Gasteiger partial charge in [-0.2, -0.15) is 0 Å². The third kappa shape index (κ3) is 2.74. The Morgan fingerprint density at radius 1 is 1.38 bits per heavy atom. The molecule has 6 heteroatoms. The molecular formula is C10H19N5S.